The zero-order valence-electron chi connectivity index (χ0n) is 16.1. The number of carboxylic acid groups (broad SMARTS) is 1. The van der Waals surface area contributed by atoms with E-state index in [1.807, 2.05) is 0 Å². The molecule has 4 N–H and O–H groups in total. The highest BCUT2D eigenvalue weighted by atomic mass is 32.2. The van der Waals surface area contributed by atoms with Crippen LogP contribution in [0.2, 0.25) is 0 Å². The summed E-state index contributed by atoms with van der Waals surface area (Å²) in [5.41, 5.74) is 5.66. The van der Waals surface area contributed by atoms with E-state index in [0.29, 0.717) is 11.3 Å². The lowest BCUT2D eigenvalue weighted by atomic mass is 10.0. The number of aromatic nitrogens is 1. The van der Waals surface area contributed by atoms with Crippen molar-refractivity contribution in [3.8, 4) is 0 Å². The van der Waals surface area contributed by atoms with Gasteiger partial charge in [0.25, 0.3) is 11.8 Å². The summed E-state index contributed by atoms with van der Waals surface area (Å²) < 4.78 is 4.43. The summed E-state index contributed by atoms with van der Waals surface area (Å²) in [4.78, 5) is 58.2. The summed E-state index contributed by atoms with van der Waals surface area (Å²) in [5.74, 6) is -3.04. The molecule has 3 heterocycles. The van der Waals surface area contributed by atoms with Gasteiger partial charge in [0.1, 0.15) is 22.8 Å². The molecule has 12 nitrogen and oxygen atoms in total. The van der Waals surface area contributed by atoms with Crippen molar-refractivity contribution >= 4 is 57.7 Å². The van der Waals surface area contributed by atoms with E-state index in [-0.39, 0.29) is 22.2 Å². The molecule has 164 valence electrons. The number of carbonyl (C=O) groups is 4. The number of amides is 2. The van der Waals surface area contributed by atoms with Crippen LogP contribution in [0, 0.1) is 0 Å². The van der Waals surface area contributed by atoms with Crippen molar-refractivity contribution in [1.82, 2.24) is 15.2 Å². The molecule has 31 heavy (non-hydrogen) atoms. The molecule has 0 aromatic carbocycles. The highest BCUT2D eigenvalue weighted by molar-refractivity contribution is 8.00. The van der Waals surface area contributed by atoms with E-state index in [4.69, 9.17) is 10.6 Å². The maximum absolute atomic E-state index is 12.8. The van der Waals surface area contributed by atoms with Crippen LogP contribution in [0.4, 0.5) is 5.13 Å². The number of nitrogens with zero attached hydrogens (tertiary/aromatic N) is 3. The van der Waals surface area contributed by atoms with E-state index in [1.54, 1.807) is 0 Å². The molecule has 2 atom stereocenters. The number of hydrogen-bond acceptors (Lipinski definition) is 11. The Kier molecular flexibility index (Phi) is 6.60. The molecule has 1 fully saturated rings. The van der Waals surface area contributed by atoms with Crippen LogP contribution in [0.25, 0.3) is 0 Å². The fourth-order valence-corrected chi connectivity index (χ4v) is 4.71. The van der Waals surface area contributed by atoms with E-state index in [9.17, 15) is 24.3 Å². The summed E-state index contributed by atoms with van der Waals surface area (Å²) >= 11 is 2.35. The minimum Gasteiger partial charge on any atom is -0.477 e. The summed E-state index contributed by atoms with van der Waals surface area (Å²) in [7, 11) is 1.16. The lowest BCUT2D eigenvalue weighted by molar-refractivity contribution is -0.150. The van der Waals surface area contributed by atoms with Crippen LogP contribution in [-0.4, -0.2) is 75.3 Å². The minimum atomic E-state index is -1.25. The second-order valence-electron chi connectivity index (χ2n) is 6.10. The molecule has 1 aromatic rings. The van der Waals surface area contributed by atoms with Crippen LogP contribution >= 0.6 is 23.1 Å². The fourth-order valence-electron chi connectivity index (χ4n) is 2.82. The smallest absolute Gasteiger partial charge is 0.352 e. The number of anilines is 1. The molecule has 0 aliphatic carbocycles. The Morgan fingerprint density at radius 1 is 1.52 bits per heavy atom. The number of carboxylic acids is 1. The van der Waals surface area contributed by atoms with Crippen LogP contribution in [0.15, 0.2) is 34.5 Å². The van der Waals surface area contributed by atoms with Gasteiger partial charge in [-0.1, -0.05) is 17.8 Å². The number of thioether (sulfide) groups is 1. The van der Waals surface area contributed by atoms with Gasteiger partial charge in [0.05, 0.1) is 7.11 Å². The summed E-state index contributed by atoms with van der Waals surface area (Å²) in [6.07, 6.45) is 1.39. The van der Waals surface area contributed by atoms with Crippen LogP contribution in [0.1, 0.15) is 5.69 Å². The Hall–Kier alpha value is -3.39. The fraction of sp³-hybridized carbons (Fsp3) is 0.294. The number of nitrogen functional groups attached to an aromatic ring is 1. The Morgan fingerprint density at radius 2 is 2.26 bits per heavy atom. The first kappa shape index (κ1) is 22.3. The maximum atomic E-state index is 12.8. The third-order valence-electron chi connectivity index (χ3n) is 4.28. The Balaban J connectivity index is 1.78. The third kappa shape index (κ3) is 4.39. The molecule has 0 radical (unpaired) electrons. The van der Waals surface area contributed by atoms with Gasteiger partial charge in [0.15, 0.2) is 10.8 Å². The molecule has 1 unspecified atom stereocenters. The summed E-state index contributed by atoms with van der Waals surface area (Å²) in [6, 6.07) is -0.986. The lowest BCUT2D eigenvalue weighted by Gasteiger charge is -2.49. The van der Waals surface area contributed by atoms with Crippen molar-refractivity contribution in [3.05, 3.63) is 35.0 Å². The number of carbonyl (C=O) groups excluding carboxylic acids is 3. The van der Waals surface area contributed by atoms with Crippen molar-refractivity contribution in [2.24, 2.45) is 5.16 Å². The van der Waals surface area contributed by atoms with Crippen LogP contribution in [0.3, 0.4) is 0 Å². The van der Waals surface area contributed by atoms with Crippen molar-refractivity contribution in [2.75, 3.05) is 25.2 Å². The van der Waals surface area contributed by atoms with Gasteiger partial charge in [-0.25, -0.2) is 14.6 Å². The SMILES string of the molecule is C=CC1=C(C(=O)O)N2C(=O)C(NC(=O)/C(=N\OCC(=O)OC)c3csc(N)n3)[C@@H]2SC1. The molecule has 1 aromatic heterocycles. The Labute approximate surface area is 183 Å². The number of hydrogen-bond donors (Lipinski definition) is 3. The number of oxime groups is 1. The van der Waals surface area contributed by atoms with Gasteiger partial charge in [-0.3, -0.25) is 14.5 Å². The first-order chi connectivity index (χ1) is 14.8. The van der Waals surface area contributed by atoms with E-state index in [1.165, 1.54) is 23.2 Å². The second kappa shape index (κ2) is 9.18. The number of β-lactam (4-membered cyclic amide) rings is 1. The number of nitrogens with two attached hydrogens (primary N) is 1. The van der Waals surface area contributed by atoms with Gasteiger partial charge in [-0.15, -0.1) is 23.1 Å². The van der Waals surface area contributed by atoms with Gasteiger partial charge in [0.2, 0.25) is 6.61 Å². The van der Waals surface area contributed by atoms with Gasteiger partial charge in [0, 0.05) is 11.1 Å². The number of fused-ring (bicyclic) bond motifs is 1. The lowest BCUT2D eigenvalue weighted by Crippen LogP contribution is -2.71. The summed E-state index contributed by atoms with van der Waals surface area (Å²) in [5, 5.41) is 16.7. The highest BCUT2D eigenvalue weighted by Gasteiger charge is 2.54. The first-order valence-corrected chi connectivity index (χ1v) is 10.5. The molecule has 2 amide bonds. The maximum Gasteiger partial charge on any atom is 0.352 e. The molecule has 2 aliphatic heterocycles. The van der Waals surface area contributed by atoms with E-state index in [2.05, 4.69) is 26.8 Å². The molecule has 0 saturated carbocycles. The number of thiazole rings is 1. The predicted octanol–water partition coefficient (Wildman–Crippen LogP) is -0.456. The van der Waals surface area contributed by atoms with Gasteiger partial charge in [-0.05, 0) is 5.57 Å². The number of nitrogens with one attached hydrogen (secondary N) is 1. The topological polar surface area (TPSA) is 174 Å². The highest BCUT2D eigenvalue weighted by Crippen LogP contribution is 2.40. The predicted molar refractivity (Wildman–Crippen MR) is 111 cm³/mol. The van der Waals surface area contributed by atoms with Crippen molar-refractivity contribution < 1.29 is 33.9 Å². The Morgan fingerprint density at radius 3 is 2.84 bits per heavy atom. The molecule has 0 bridgehead atoms. The normalized spacial score (nSPS) is 20.5. The van der Waals surface area contributed by atoms with Crippen LogP contribution in [-0.2, 0) is 28.8 Å². The van der Waals surface area contributed by atoms with Crippen molar-refractivity contribution in [2.45, 2.75) is 11.4 Å². The molecule has 2 aliphatic rings. The Bertz CT molecular complexity index is 1020. The monoisotopic (exact) mass is 467 g/mol. The quantitative estimate of drug-likeness (QED) is 0.196. The zero-order valence-corrected chi connectivity index (χ0v) is 17.7. The van der Waals surface area contributed by atoms with Gasteiger partial charge < -0.3 is 25.7 Å². The molecule has 3 rings (SSSR count). The number of allylic oxidation sites excluding steroid dienone is 1. The van der Waals surface area contributed by atoms with E-state index >= 15 is 0 Å². The average Bonchev–Trinajstić information content (AvgIpc) is 3.18. The van der Waals surface area contributed by atoms with Crippen LogP contribution in [0.5, 0.6) is 0 Å². The molecular formula is C17H17N5O7S2. The number of esters is 1. The van der Waals surface area contributed by atoms with Gasteiger partial charge >= 0.3 is 11.9 Å². The summed E-state index contributed by atoms with van der Waals surface area (Å²) in [6.45, 7) is 3.03. The number of aliphatic carboxylic acids is 1. The van der Waals surface area contributed by atoms with E-state index < -0.39 is 41.8 Å². The zero-order chi connectivity index (χ0) is 22.7. The second-order valence-corrected chi connectivity index (χ2v) is 8.10. The number of ether oxygens (including phenoxy) is 1. The average molecular weight is 467 g/mol. The largest absolute Gasteiger partial charge is 0.477 e. The van der Waals surface area contributed by atoms with E-state index in [0.717, 1.165) is 23.3 Å². The standard InChI is InChI=1S/C17H17N5O7S2/c1-3-7-5-30-15-11(14(25)22(15)12(7)16(26)27)20-13(24)10(8-6-31-17(18)19-8)21-29-4-9(23)28-2/h3,6,11,15H,1,4-5H2,2H3,(H2,18,19)(H,20,24)(H,26,27)/b21-10-/t11?,15-/m0/s1. The first-order valence-electron chi connectivity index (χ1n) is 8.61. The van der Waals surface area contributed by atoms with Crippen LogP contribution < -0.4 is 11.1 Å². The third-order valence-corrected chi connectivity index (χ3v) is 6.25. The number of rotatable bonds is 8. The van der Waals surface area contributed by atoms with Gasteiger partial charge in [-0.2, -0.15) is 0 Å². The minimum absolute atomic E-state index is 0.0878. The molecule has 14 heteroatoms. The van der Waals surface area contributed by atoms with Crippen molar-refractivity contribution in [3.63, 3.8) is 0 Å². The van der Waals surface area contributed by atoms with Crippen molar-refractivity contribution in [1.29, 1.82) is 0 Å². The molecular weight excluding hydrogens is 450 g/mol. The number of methoxy groups -OCH3 is 1. The molecule has 1 saturated heterocycles. The molecule has 0 spiro atoms.